The molecule has 0 unspecified atom stereocenters. The zero-order chi connectivity index (χ0) is 14.1. The smallest absolute Gasteiger partial charge is 0.323 e. The zero-order valence-electron chi connectivity index (χ0n) is 11.8. The molecule has 0 saturated heterocycles. The Hall–Kier alpha value is -1.10. The molecule has 0 aromatic rings. The van der Waals surface area contributed by atoms with Crippen LogP contribution in [0.5, 0.6) is 0 Å². The predicted octanol–water partition coefficient (Wildman–Crippen LogP) is 1.91. The Morgan fingerprint density at radius 2 is 1.74 bits per heavy atom. The van der Waals surface area contributed by atoms with Gasteiger partial charge in [0.2, 0.25) is 5.91 Å². The maximum Gasteiger partial charge on any atom is 0.323 e. The lowest BCUT2D eigenvalue weighted by molar-refractivity contribution is -0.147. The fourth-order valence-corrected chi connectivity index (χ4v) is 2.59. The average Bonchev–Trinajstić information content (AvgIpc) is 2.33. The summed E-state index contributed by atoms with van der Waals surface area (Å²) in [7, 11) is 1.55. The minimum atomic E-state index is -0.963. The Kier molecular flexibility index (Phi) is 7.48. The van der Waals surface area contributed by atoms with Crippen molar-refractivity contribution >= 4 is 11.9 Å². The van der Waals surface area contributed by atoms with Gasteiger partial charge in [0.05, 0.1) is 6.61 Å². The highest BCUT2D eigenvalue weighted by molar-refractivity contribution is 5.83. The first kappa shape index (κ1) is 16.0. The lowest BCUT2D eigenvalue weighted by atomic mass is 9.90. The second kappa shape index (κ2) is 8.91. The first-order chi connectivity index (χ1) is 9.15. The van der Waals surface area contributed by atoms with Crippen molar-refractivity contribution < 1.29 is 19.4 Å². The molecule has 1 aliphatic rings. The van der Waals surface area contributed by atoms with Crippen molar-refractivity contribution in [3.05, 3.63) is 0 Å². The molecule has 5 heteroatoms. The highest BCUT2D eigenvalue weighted by Gasteiger charge is 2.25. The van der Waals surface area contributed by atoms with Gasteiger partial charge >= 0.3 is 5.97 Å². The third-order valence-electron chi connectivity index (χ3n) is 3.66. The van der Waals surface area contributed by atoms with Gasteiger partial charge in [-0.1, -0.05) is 32.1 Å². The molecule has 0 aromatic carbocycles. The largest absolute Gasteiger partial charge is 0.480 e. The van der Waals surface area contributed by atoms with Gasteiger partial charge in [-0.3, -0.25) is 9.59 Å². The molecular weight excluding hydrogens is 246 g/mol. The highest BCUT2D eigenvalue weighted by atomic mass is 16.5. The molecule has 5 nitrogen and oxygen atoms in total. The van der Waals surface area contributed by atoms with Gasteiger partial charge in [0, 0.05) is 19.6 Å². The molecule has 0 spiro atoms. The first-order valence-electron chi connectivity index (χ1n) is 7.14. The van der Waals surface area contributed by atoms with Crippen LogP contribution in [0.15, 0.2) is 0 Å². The summed E-state index contributed by atoms with van der Waals surface area (Å²) in [6.45, 7) is 0.516. The van der Waals surface area contributed by atoms with Crippen molar-refractivity contribution in [2.24, 2.45) is 5.92 Å². The summed E-state index contributed by atoms with van der Waals surface area (Å²) in [6, 6.07) is 0. The van der Waals surface area contributed by atoms with Crippen LogP contribution in [0.2, 0.25) is 0 Å². The lowest BCUT2D eigenvalue weighted by Crippen LogP contribution is -2.41. The van der Waals surface area contributed by atoms with Gasteiger partial charge in [-0.05, 0) is 12.8 Å². The number of ether oxygens (including phenoxy) is 1. The van der Waals surface area contributed by atoms with Gasteiger partial charge < -0.3 is 14.7 Å². The molecular formula is C14H25NO4. The summed E-state index contributed by atoms with van der Waals surface area (Å²) in [4.78, 5) is 24.7. The number of carboxylic acids is 1. The number of carboxylic acid groups (broad SMARTS) is 1. The number of methoxy groups -OCH3 is 1. The molecule has 0 aliphatic heterocycles. The molecule has 0 radical (unpaired) electrons. The molecule has 19 heavy (non-hydrogen) atoms. The third kappa shape index (κ3) is 6.05. The highest BCUT2D eigenvalue weighted by Crippen LogP contribution is 2.24. The van der Waals surface area contributed by atoms with Crippen LogP contribution in [0, 0.1) is 5.92 Å². The SMILES string of the molecule is COCCN(CC(=O)O)C(=O)C1CCCCCCC1. The maximum absolute atomic E-state index is 12.4. The van der Waals surface area contributed by atoms with Crippen molar-refractivity contribution in [3.63, 3.8) is 0 Å². The minimum Gasteiger partial charge on any atom is -0.480 e. The molecule has 1 N–H and O–H groups in total. The van der Waals surface area contributed by atoms with Crippen molar-refractivity contribution in [3.8, 4) is 0 Å². The van der Waals surface area contributed by atoms with Crippen LogP contribution in [0.25, 0.3) is 0 Å². The Labute approximate surface area is 114 Å². The number of rotatable bonds is 6. The number of nitrogens with zero attached hydrogens (tertiary/aromatic N) is 1. The molecule has 1 saturated carbocycles. The molecule has 110 valence electrons. The normalized spacial score (nSPS) is 17.5. The van der Waals surface area contributed by atoms with Gasteiger partial charge in [0.1, 0.15) is 6.54 Å². The minimum absolute atomic E-state index is 0.00324. The van der Waals surface area contributed by atoms with Crippen LogP contribution in [0.4, 0.5) is 0 Å². The van der Waals surface area contributed by atoms with E-state index >= 15 is 0 Å². The molecule has 0 aromatic heterocycles. The molecule has 1 aliphatic carbocycles. The first-order valence-corrected chi connectivity index (χ1v) is 7.14. The molecule has 0 atom stereocenters. The monoisotopic (exact) mass is 271 g/mol. The van der Waals surface area contributed by atoms with Crippen LogP contribution in [-0.4, -0.2) is 48.7 Å². The van der Waals surface area contributed by atoms with Crippen LogP contribution >= 0.6 is 0 Å². The molecule has 0 heterocycles. The van der Waals surface area contributed by atoms with Crippen molar-refractivity contribution in [2.45, 2.75) is 44.9 Å². The summed E-state index contributed by atoms with van der Waals surface area (Å²) < 4.78 is 4.95. The number of aliphatic carboxylic acids is 1. The topological polar surface area (TPSA) is 66.8 Å². The van der Waals surface area contributed by atoms with Gasteiger partial charge in [-0.25, -0.2) is 0 Å². The van der Waals surface area contributed by atoms with E-state index in [4.69, 9.17) is 9.84 Å². The van der Waals surface area contributed by atoms with Gasteiger partial charge in [-0.2, -0.15) is 0 Å². The summed E-state index contributed by atoms with van der Waals surface area (Å²) in [5, 5.41) is 8.90. The van der Waals surface area contributed by atoms with E-state index in [9.17, 15) is 9.59 Å². The molecule has 1 amide bonds. The number of carbonyl (C=O) groups excluding carboxylic acids is 1. The number of hydrogen-bond donors (Lipinski definition) is 1. The maximum atomic E-state index is 12.4. The van der Waals surface area contributed by atoms with E-state index in [1.807, 2.05) is 0 Å². The van der Waals surface area contributed by atoms with E-state index < -0.39 is 5.97 Å². The van der Waals surface area contributed by atoms with E-state index in [1.165, 1.54) is 24.2 Å². The summed E-state index contributed by atoms with van der Waals surface area (Å²) in [5.41, 5.74) is 0. The Bertz CT molecular complexity index is 285. The van der Waals surface area contributed by atoms with E-state index in [2.05, 4.69) is 0 Å². The van der Waals surface area contributed by atoms with Gasteiger partial charge in [0.15, 0.2) is 0 Å². The molecule has 0 bridgehead atoms. The van der Waals surface area contributed by atoms with Crippen molar-refractivity contribution in [1.29, 1.82) is 0 Å². The van der Waals surface area contributed by atoms with E-state index in [0.29, 0.717) is 13.2 Å². The fourth-order valence-electron chi connectivity index (χ4n) is 2.59. The Morgan fingerprint density at radius 3 is 2.26 bits per heavy atom. The van der Waals surface area contributed by atoms with Crippen molar-refractivity contribution in [1.82, 2.24) is 4.90 Å². The Balaban J connectivity index is 2.58. The number of amides is 1. The third-order valence-corrected chi connectivity index (χ3v) is 3.66. The number of hydrogen-bond acceptors (Lipinski definition) is 3. The summed E-state index contributed by atoms with van der Waals surface area (Å²) in [5.74, 6) is -0.979. The van der Waals surface area contributed by atoms with E-state index in [0.717, 1.165) is 25.7 Å². The summed E-state index contributed by atoms with van der Waals surface area (Å²) >= 11 is 0. The van der Waals surface area contributed by atoms with Crippen LogP contribution in [0.1, 0.15) is 44.9 Å². The zero-order valence-corrected chi connectivity index (χ0v) is 11.8. The fraction of sp³-hybridized carbons (Fsp3) is 0.857. The lowest BCUT2D eigenvalue weighted by Gasteiger charge is -2.27. The van der Waals surface area contributed by atoms with Gasteiger partial charge in [-0.15, -0.1) is 0 Å². The predicted molar refractivity (Wildman–Crippen MR) is 71.9 cm³/mol. The van der Waals surface area contributed by atoms with Gasteiger partial charge in [0.25, 0.3) is 0 Å². The van der Waals surface area contributed by atoms with Crippen molar-refractivity contribution in [2.75, 3.05) is 26.8 Å². The molecule has 1 rings (SSSR count). The van der Waals surface area contributed by atoms with E-state index in [1.54, 1.807) is 7.11 Å². The standard InChI is InChI=1S/C14H25NO4/c1-19-10-9-15(11-13(16)17)14(18)12-7-5-3-2-4-6-8-12/h12H,2-11H2,1H3,(H,16,17). The second-order valence-corrected chi connectivity index (χ2v) is 5.19. The van der Waals surface area contributed by atoms with Crippen LogP contribution < -0.4 is 0 Å². The van der Waals surface area contributed by atoms with E-state index in [-0.39, 0.29) is 18.4 Å². The quantitative estimate of drug-likeness (QED) is 0.801. The average molecular weight is 271 g/mol. The summed E-state index contributed by atoms with van der Waals surface area (Å²) in [6.07, 6.45) is 7.54. The number of carbonyl (C=O) groups is 2. The van der Waals surface area contributed by atoms with Crippen LogP contribution in [-0.2, 0) is 14.3 Å². The second-order valence-electron chi connectivity index (χ2n) is 5.19. The van der Waals surface area contributed by atoms with Crippen LogP contribution in [0.3, 0.4) is 0 Å². The molecule has 1 fully saturated rings. The Morgan fingerprint density at radius 1 is 1.16 bits per heavy atom.